The summed E-state index contributed by atoms with van der Waals surface area (Å²) in [6.45, 7) is 3.08. The van der Waals surface area contributed by atoms with Crippen molar-refractivity contribution in [2.45, 2.75) is 45.9 Å². The van der Waals surface area contributed by atoms with E-state index in [0.29, 0.717) is 38.0 Å². The third-order valence-corrected chi connectivity index (χ3v) is 8.82. The van der Waals surface area contributed by atoms with E-state index in [1.165, 1.54) is 4.31 Å². The van der Waals surface area contributed by atoms with E-state index in [2.05, 4.69) is 5.10 Å². The molecule has 3 heterocycles. The number of aliphatic hydroxyl groups excluding tert-OH is 1. The van der Waals surface area contributed by atoms with Crippen molar-refractivity contribution in [3.8, 4) is 0 Å². The molecule has 1 N–H and O–H groups in total. The zero-order valence-electron chi connectivity index (χ0n) is 14.4. The maximum absolute atomic E-state index is 12.7. The quantitative estimate of drug-likeness (QED) is 0.726. The van der Waals surface area contributed by atoms with Gasteiger partial charge < -0.3 is 5.11 Å². The molecule has 0 amide bonds. The van der Waals surface area contributed by atoms with Crippen LogP contribution in [0.4, 0.5) is 0 Å². The minimum absolute atomic E-state index is 0.0289. The van der Waals surface area contributed by atoms with Crippen LogP contribution < -0.4 is 0 Å². The average molecular weight is 392 g/mol. The molecule has 1 aromatic rings. The van der Waals surface area contributed by atoms with E-state index in [9.17, 15) is 21.9 Å². The highest BCUT2D eigenvalue weighted by Crippen LogP contribution is 2.27. The van der Waals surface area contributed by atoms with Gasteiger partial charge in [-0.25, -0.2) is 16.8 Å². The van der Waals surface area contributed by atoms with Gasteiger partial charge in [-0.1, -0.05) is 0 Å². The van der Waals surface area contributed by atoms with Crippen molar-refractivity contribution in [3.05, 3.63) is 17.0 Å². The molecule has 1 aromatic heterocycles. The lowest BCUT2D eigenvalue weighted by Crippen LogP contribution is -2.38. The van der Waals surface area contributed by atoms with Crippen LogP contribution in [0, 0.1) is 5.92 Å². The van der Waals surface area contributed by atoms with E-state index in [-0.39, 0.29) is 36.3 Å². The van der Waals surface area contributed by atoms with E-state index >= 15 is 0 Å². The maximum Gasteiger partial charge on any atom is 0.214 e. The van der Waals surface area contributed by atoms with Gasteiger partial charge in [0.25, 0.3) is 0 Å². The van der Waals surface area contributed by atoms with E-state index in [0.717, 1.165) is 11.3 Å². The molecule has 0 bridgehead atoms. The van der Waals surface area contributed by atoms with Crippen LogP contribution in [0.5, 0.6) is 0 Å². The molecule has 1 saturated heterocycles. The van der Waals surface area contributed by atoms with Crippen LogP contribution in [0.1, 0.15) is 36.7 Å². The molecular formula is C15H25N3O5S2. The van der Waals surface area contributed by atoms with E-state index in [1.807, 2.05) is 11.6 Å². The summed E-state index contributed by atoms with van der Waals surface area (Å²) in [4.78, 5) is 0. The number of aryl methyl sites for hydroxylation is 1. The summed E-state index contributed by atoms with van der Waals surface area (Å²) in [6.07, 6.45) is 1.51. The molecule has 1 unspecified atom stereocenters. The lowest BCUT2D eigenvalue weighted by atomic mass is 10.1. The van der Waals surface area contributed by atoms with Crippen molar-refractivity contribution in [1.82, 2.24) is 14.1 Å². The topological polar surface area (TPSA) is 110 Å². The molecule has 142 valence electrons. The molecule has 1 fully saturated rings. The van der Waals surface area contributed by atoms with Gasteiger partial charge in [-0.15, -0.1) is 0 Å². The molecule has 10 heteroatoms. The van der Waals surface area contributed by atoms with Gasteiger partial charge in [0, 0.05) is 37.3 Å². The van der Waals surface area contributed by atoms with Gasteiger partial charge in [0.15, 0.2) is 9.84 Å². The van der Waals surface area contributed by atoms with E-state index in [1.54, 1.807) is 0 Å². The van der Waals surface area contributed by atoms with Crippen LogP contribution in [0.2, 0.25) is 0 Å². The molecule has 2 aliphatic rings. The van der Waals surface area contributed by atoms with Crippen molar-refractivity contribution in [2.75, 3.05) is 23.8 Å². The number of aromatic nitrogens is 2. The molecule has 0 radical (unpaired) electrons. The number of hydrogen-bond acceptors (Lipinski definition) is 6. The smallest absolute Gasteiger partial charge is 0.214 e. The highest BCUT2D eigenvalue weighted by molar-refractivity contribution is 7.91. The van der Waals surface area contributed by atoms with Crippen molar-refractivity contribution in [2.24, 2.45) is 5.92 Å². The van der Waals surface area contributed by atoms with Crippen LogP contribution in [-0.4, -0.2) is 59.8 Å². The molecule has 0 saturated carbocycles. The van der Waals surface area contributed by atoms with Gasteiger partial charge in [0.2, 0.25) is 10.0 Å². The molecule has 1 atom stereocenters. The molecule has 0 aliphatic carbocycles. The Morgan fingerprint density at radius 1 is 1.36 bits per heavy atom. The molecule has 2 aliphatic heterocycles. The summed E-state index contributed by atoms with van der Waals surface area (Å²) in [5, 5.41) is 13.8. The summed E-state index contributed by atoms with van der Waals surface area (Å²) < 4.78 is 51.7. The number of nitrogens with zero attached hydrogens (tertiary/aromatic N) is 3. The van der Waals surface area contributed by atoms with Crippen molar-refractivity contribution in [1.29, 1.82) is 0 Å². The second kappa shape index (κ2) is 6.98. The molecule has 3 rings (SSSR count). The molecule has 0 spiro atoms. The predicted molar refractivity (Wildman–Crippen MR) is 93.1 cm³/mol. The fourth-order valence-electron chi connectivity index (χ4n) is 3.71. The van der Waals surface area contributed by atoms with Gasteiger partial charge in [0.1, 0.15) is 0 Å². The third-order valence-electron chi connectivity index (χ3n) is 5.14. The number of fused-ring (bicyclic) bond motifs is 1. The van der Waals surface area contributed by atoms with Gasteiger partial charge >= 0.3 is 0 Å². The first kappa shape index (κ1) is 18.8. The zero-order chi connectivity index (χ0) is 18.2. The molecular weight excluding hydrogens is 366 g/mol. The Kier molecular flexibility index (Phi) is 5.25. The Hall–Kier alpha value is -0.970. The number of hydrogen-bond donors (Lipinski definition) is 1. The van der Waals surface area contributed by atoms with Gasteiger partial charge in [0.05, 0.1) is 29.6 Å². The van der Waals surface area contributed by atoms with Crippen molar-refractivity contribution < 1.29 is 21.9 Å². The summed E-state index contributed by atoms with van der Waals surface area (Å²) in [5.74, 6) is 0.181. The Morgan fingerprint density at radius 3 is 2.72 bits per heavy atom. The predicted octanol–water partition coefficient (Wildman–Crippen LogP) is -0.0920. The van der Waals surface area contributed by atoms with Gasteiger partial charge in [-0.2, -0.15) is 9.40 Å². The van der Waals surface area contributed by atoms with Crippen molar-refractivity contribution >= 4 is 19.9 Å². The lowest BCUT2D eigenvalue weighted by Gasteiger charge is -2.27. The largest absolute Gasteiger partial charge is 0.390 e. The third kappa shape index (κ3) is 3.91. The normalized spacial score (nSPS) is 23.7. The fraction of sp³-hybridized carbons (Fsp3) is 0.800. The SMILES string of the molecule is CCn1nc(CO)c2c1CCN(S(=O)(=O)CCC1CCS(=O)(=O)C1)C2. The Morgan fingerprint density at radius 2 is 2.12 bits per heavy atom. The Balaban J connectivity index is 1.69. The van der Waals surface area contributed by atoms with Crippen LogP contribution in [-0.2, 0) is 46.0 Å². The maximum atomic E-state index is 12.7. The summed E-state index contributed by atoms with van der Waals surface area (Å²) in [5.41, 5.74) is 2.35. The molecule has 0 aromatic carbocycles. The van der Waals surface area contributed by atoms with E-state index in [4.69, 9.17) is 0 Å². The summed E-state index contributed by atoms with van der Waals surface area (Å²) in [6, 6.07) is 0. The Labute approximate surface area is 148 Å². The lowest BCUT2D eigenvalue weighted by molar-refractivity contribution is 0.272. The first-order valence-electron chi connectivity index (χ1n) is 8.62. The number of rotatable bonds is 6. The van der Waals surface area contributed by atoms with Gasteiger partial charge in [-0.3, -0.25) is 4.68 Å². The highest BCUT2D eigenvalue weighted by Gasteiger charge is 2.33. The van der Waals surface area contributed by atoms with Crippen LogP contribution >= 0.6 is 0 Å². The number of sulfone groups is 1. The van der Waals surface area contributed by atoms with Crippen LogP contribution in [0.3, 0.4) is 0 Å². The number of sulfonamides is 1. The van der Waals surface area contributed by atoms with Crippen LogP contribution in [0.15, 0.2) is 0 Å². The first-order chi connectivity index (χ1) is 11.8. The molecule has 25 heavy (non-hydrogen) atoms. The Bertz CT molecular complexity index is 845. The average Bonchev–Trinajstić information content (AvgIpc) is 3.11. The van der Waals surface area contributed by atoms with E-state index < -0.39 is 19.9 Å². The highest BCUT2D eigenvalue weighted by atomic mass is 32.2. The summed E-state index contributed by atoms with van der Waals surface area (Å²) >= 11 is 0. The monoisotopic (exact) mass is 391 g/mol. The standard InChI is InChI=1S/C15H25N3O5S2/c1-2-18-15-3-6-17(9-13(15)14(10-19)16-18)25(22,23)8-5-12-4-7-24(20,21)11-12/h12,19H,2-11H2,1H3. The number of aliphatic hydroxyl groups is 1. The van der Waals surface area contributed by atoms with Crippen molar-refractivity contribution in [3.63, 3.8) is 0 Å². The molecule has 8 nitrogen and oxygen atoms in total. The fourth-order valence-corrected chi connectivity index (χ4v) is 7.20. The van der Waals surface area contributed by atoms with Crippen LogP contribution in [0.25, 0.3) is 0 Å². The first-order valence-corrected chi connectivity index (χ1v) is 12.1. The summed E-state index contributed by atoms with van der Waals surface area (Å²) in [7, 11) is -6.44. The zero-order valence-corrected chi connectivity index (χ0v) is 16.0. The minimum Gasteiger partial charge on any atom is -0.390 e. The second-order valence-corrected chi connectivity index (χ2v) is 11.1. The minimum atomic E-state index is -3.45. The second-order valence-electron chi connectivity index (χ2n) is 6.80. The van der Waals surface area contributed by atoms with Gasteiger partial charge in [-0.05, 0) is 25.7 Å².